The van der Waals surface area contributed by atoms with Crippen LogP contribution in [0.3, 0.4) is 0 Å². The Balaban J connectivity index is 1.67. The molecular weight excluding hydrogens is 255 g/mol. The lowest BCUT2D eigenvalue weighted by Gasteiger charge is -2.37. The zero-order valence-corrected chi connectivity index (χ0v) is 11.6. The van der Waals surface area contributed by atoms with E-state index < -0.39 is 0 Å². The average molecular weight is 276 g/mol. The monoisotopic (exact) mass is 276 g/mol. The van der Waals surface area contributed by atoms with Crippen LogP contribution in [0.4, 0.5) is 4.39 Å². The Morgan fingerprint density at radius 2 is 2.20 bits per heavy atom. The lowest BCUT2D eigenvalue weighted by molar-refractivity contribution is 0.0985. The Morgan fingerprint density at radius 1 is 1.35 bits per heavy atom. The highest BCUT2D eigenvalue weighted by Crippen LogP contribution is 2.23. The van der Waals surface area contributed by atoms with Crippen molar-refractivity contribution in [1.29, 1.82) is 5.41 Å². The number of amidine groups is 1. The first-order valence-corrected chi connectivity index (χ1v) is 7.23. The molecular formula is C15H21FN4. The van der Waals surface area contributed by atoms with E-state index in [1.54, 1.807) is 12.1 Å². The summed E-state index contributed by atoms with van der Waals surface area (Å²) in [6.45, 7) is 5.00. The molecule has 20 heavy (non-hydrogen) atoms. The fourth-order valence-electron chi connectivity index (χ4n) is 3.28. The van der Waals surface area contributed by atoms with Gasteiger partial charge in [-0.1, -0.05) is 12.1 Å². The van der Waals surface area contributed by atoms with Crippen LogP contribution in [0.15, 0.2) is 18.2 Å². The van der Waals surface area contributed by atoms with Gasteiger partial charge in [0, 0.05) is 43.3 Å². The number of nitrogens with one attached hydrogen (secondary N) is 1. The molecule has 0 spiro atoms. The number of fused-ring (bicyclic) bond motifs is 1. The molecule has 0 aromatic heterocycles. The van der Waals surface area contributed by atoms with Gasteiger partial charge in [-0.05, 0) is 25.5 Å². The summed E-state index contributed by atoms with van der Waals surface area (Å²) in [6, 6.07) is 5.51. The van der Waals surface area contributed by atoms with Gasteiger partial charge < -0.3 is 5.73 Å². The van der Waals surface area contributed by atoms with Crippen molar-refractivity contribution in [3.63, 3.8) is 0 Å². The van der Waals surface area contributed by atoms with Crippen molar-refractivity contribution in [2.24, 2.45) is 5.73 Å². The molecule has 0 aliphatic carbocycles. The van der Waals surface area contributed by atoms with E-state index in [1.165, 1.54) is 25.5 Å². The van der Waals surface area contributed by atoms with Crippen molar-refractivity contribution in [3.8, 4) is 0 Å². The van der Waals surface area contributed by atoms with Crippen LogP contribution in [-0.4, -0.2) is 47.9 Å². The minimum absolute atomic E-state index is 0.0879. The number of nitrogen functional groups attached to an aromatic ring is 1. The number of halogens is 1. The Bertz CT molecular complexity index is 517. The standard InChI is InChI=1S/C15H21FN4/c16-14-8-11(15(17)18)3-4-12(14)9-19-6-7-20-5-1-2-13(20)10-19/h3-4,8,13H,1-2,5-7,9-10H2,(H3,17,18). The van der Waals surface area contributed by atoms with Gasteiger partial charge >= 0.3 is 0 Å². The molecule has 108 valence electrons. The summed E-state index contributed by atoms with van der Waals surface area (Å²) >= 11 is 0. The van der Waals surface area contributed by atoms with E-state index in [1.807, 2.05) is 0 Å². The van der Waals surface area contributed by atoms with Crippen LogP contribution in [0, 0.1) is 11.2 Å². The number of rotatable bonds is 3. The summed E-state index contributed by atoms with van der Waals surface area (Å²) in [7, 11) is 0. The van der Waals surface area contributed by atoms with Crippen LogP contribution in [0.25, 0.3) is 0 Å². The molecule has 3 N–H and O–H groups in total. The molecule has 1 unspecified atom stereocenters. The van der Waals surface area contributed by atoms with Crippen LogP contribution in [0.5, 0.6) is 0 Å². The second-order valence-electron chi connectivity index (χ2n) is 5.79. The molecule has 0 saturated carbocycles. The molecule has 2 heterocycles. The van der Waals surface area contributed by atoms with Gasteiger partial charge in [-0.15, -0.1) is 0 Å². The lowest BCUT2D eigenvalue weighted by Crippen LogP contribution is -2.49. The molecule has 2 saturated heterocycles. The van der Waals surface area contributed by atoms with Gasteiger partial charge in [-0.25, -0.2) is 4.39 Å². The number of nitrogens with two attached hydrogens (primary N) is 1. The minimum Gasteiger partial charge on any atom is -0.384 e. The molecule has 0 bridgehead atoms. The second kappa shape index (κ2) is 5.50. The van der Waals surface area contributed by atoms with Crippen LogP contribution in [0.2, 0.25) is 0 Å². The highest BCUT2D eigenvalue weighted by molar-refractivity contribution is 5.94. The quantitative estimate of drug-likeness (QED) is 0.648. The zero-order chi connectivity index (χ0) is 14.1. The molecule has 2 fully saturated rings. The third-order valence-corrected chi connectivity index (χ3v) is 4.43. The first-order valence-electron chi connectivity index (χ1n) is 7.23. The summed E-state index contributed by atoms with van der Waals surface area (Å²) in [6.07, 6.45) is 2.56. The van der Waals surface area contributed by atoms with E-state index in [0.29, 0.717) is 23.7 Å². The molecule has 4 nitrogen and oxygen atoms in total. The van der Waals surface area contributed by atoms with Crippen LogP contribution in [-0.2, 0) is 6.54 Å². The van der Waals surface area contributed by atoms with Gasteiger partial charge in [0.2, 0.25) is 0 Å². The summed E-state index contributed by atoms with van der Waals surface area (Å²) < 4.78 is 14.0. The van der Waals surface area contributed by atoms with Crippen molar-refractivity contribution in [3.05, 3.63) is 35.1 Å². The van der Waals surface area contributed by atoms with Crippen molar-refractivity contribution >= 4 is 5.84 Å². The van der Waals surface area contributed by atoms with E-state index in [0.717, 1.165) is 19.6 Å². The van der Waals surface area contributed by atoms with Crippen LogP contribution < -0.4 is 5.73 Å². The summed E-state index contributed by atoms with van der Waals surface area (Å²) in [5.41, 5.74) is 6.52. The smallest absolute Gasteiger partial charge is 0.128 e. The zero-order valence-electron chi connectivity index (χ0n) is 11.6. The van der Waals surface area contributed by atoms with E-state index in [2.05, 4.69) is 9.80 Å². The number of hydrogen-bond donors (Lipinski definition) is 2. The van der Waals surface area contributed by atoms with Crippen molar-refractivity contribution in [2.75, 3.05) is 26.2 Å². The lowest BCUT2D eigenvalue weighted by atomic mass is 10.1. The van der Waals surface area contributed by atoms with Gasteiger partial charge in [0.15, 0.2) is 0 Å². The maximum Gasteiger partial charge on any atom is 0.128 e. The molecule has 3 rings (SSSR count). The topological polar surface area (TPSA) is 56.4 Å². The second-order valence-corrected chi connectivity index (χ2v) is 5.79. The van der Waals surface area contributed by atoms with Crippen LogP contribution in [0.1, 0.15) is 24.0 Å². The number of piperazine rings is 1. The summed E-state index contributed by atoms with van der Waals surface area (Å²) in [4.78, 5) is 4.88. The molecule has 0 radical (unpaired) electrons. The molecule has 1 aromatic carbocycles. The van der Waals surface area contributed by atoms with Crippen LogP contribution >= 0.6 is 0 Å². The van der Waals surface area contributed by atoms with E-state index >= 15 is 0 Å². The van der Waals surface area contributed by atoms with Crippen molar-refractivity contribution < 1.29 is 4.39 Å². The summed E-state index contributed by atoms with van der Waals surface area (Å²) in [5.74, 6) is -0.346. The molecule has 1 aromatic rings. The SMILES string of the molecule is N=C(N)c1ccc(CN2CCN3CCCC3C2)c(F)c1. The number of hydrogen-bond acceptors (Lipinski definition) is 3. The largest absolute Gasteiger partial charge is 0.384 e. The predicted octanol–water partition coefficient (Wildman–Crippen LogP) is 1.39. The third kappa shape index (κ3) is 2.69. The minimum atomic E-state index is -0.258. The highest BCUT2D eigenvalue weighted by Gasteiger charge is 2.30. The fraction of sp³-hybridized carbons (Fsp3) is 0.533. The van der Waals surface area contributed by atoms with E-state index in [9.17, 15) is 4.39 Å². The molecule has 1 atom stereocenters. The van der Waals surface area contributed by atoms with Gasteiger partial charge in [-0.3, -0.25) is 15.2 Å². The predicted molar refractivity (Wildman–Crippen MR) is 77.3 cm³/mol. The van der Waals surface area contributed by atoms with E-state index in [4.69, 9.17) is 11.1 Å². The van der Waals surface area contributed by atoms with Gasteiger partial charge in [0.05, 0.1) is 0 Å². The molecule has 2 aliphatic rings. The normalized spacial score (nSPS) is 23.8. The summed E-state index contributed by atoms with van der Waals surface area (Å²) in [5, 5.41) is 7.33. The third-order valence-electron chi connectivity index (χ3n) is 4.43. The number of benzene rings is 1. The van der Waals surface area contributed by atoms with Gasteiger partial charge in [0.1, 0.15) is 11.7 Å². The first kappa shape index (κ1) is 13.5. The fourth-order valence-corrected chi connectivity index (χ4v) is 3.28. The maximum atomic E-state index is 14.0. The Kier molecular flexibility index (Phi) is 3.72. The van der Waals surface area contributed by atoms with Crippen molar-refractivity contribution in [2.45, 2.75) is 25.4 Å². The number of nitrogens with zero attached hydrogens (tertiary/aromatic N) is 2. The molecule has 5 heteroatoms. The average Bonchev–Trinajstić information content (AvgIpc) is 2.88. The van der Waals surface area contributed by atoms with Crippen molar-refractivity contribution in [1.82, 2.24) is 9.80 Å². The molecule has 2 aliphatic heterocycles. The Hall–Kier alpha value is -1.46. The van der Waals surface area contributed by atoms with Gasteiger partial charge in [-0.2, -0.15) is 0 Å². The van der Waals surface area contributed by atoms with Gasteiger partial charge in [0.25, 0.3) is 0 Å². The Labute approximate surface area is 118 Å². The maximum absolute atomic E-state index is 14.0. The highest BCUT2D eigenvalue weighted by atomic mass is 19.1. The molecule has 0 amide bonds. The Morgan fingerprint density at radius 3 is 2.95 bits per heavy atom. The first-order chi connectivity index (χ1) is 9.63. The van der Waals surface area contributed by atoms with E-state index in [-0.39, 0.29) is 11.7 Å².